The average Bonchev–Trinajstić information content (AvgIpc) is 2.44. The molecule has 2 fully saturated rings. The Labute approximate surface area is 129 Å². The van der Waals surface area contributed by atoms with Gasteiger partial charge in [-0.25, -0.2) is 5.01 Å². The molecule has 2 unspecified atom stereocenters. The van der Waals surface area contributed by atoms with Crippen molar-refractivity contribution in [1.29, 1.82) is 0 Å². The van der Waals surface area contributed by atoms with Gasteiger partial charge < -0.3 is 4.90 Å². The van der Waals surface area contributed by atoms with Crippen molar-refractivity contribution in [2.45, 2.75) is 64.1 Å². The quantitative estimate of drug-likeness (QED) is 0.849. The van der Waals surface area contributed by atoms with E-state index < -0.39 is 0 Å². The van der Waals surface area contributed by atoms with E-state index in [9.17, 15) is 4.79 Å². The Bertz CT molecular complexity index is 329. The van der Waals surface area contributed by atoms with Gasteiger partial charge in [-0.1, -0.05) is 6.42 Å². The van der Waals surface area contributed by atoms with Crippen LogP contribution in [-0.4, -0.2) is 72.6 Å². The van der Waals surface area contributed by atoms with Crippen LogP contribution in [0.4, 0.5) is 0 Å². The lowest BCUT2D eigenvalue weighted by molar-refractivity contribution is -0.130. The average molecular weight is 296 g/mol. The molecular weight excluding hydrogens is 264 g/mol. The number of hydrogen-bond acceptors (Lipinski definition) is 4. The highest BCUT2D eigenvalue weighted by molar-refractivity contribution is 5.77. The van der Waals surface area contributed by atoms with E-state index in [-0.39, 0.29) is 5.91 Å². The highest BCUT2D eigenvalue weighted by atomic mass is 16.2. The number of piperidine rings is 2. The first-order chi connectivity index (χ1) is 9.97. The molecule has 0 aromatic carbocycles. The van der Waals surface area contributed by atoms with Crippen molar-refractivity contribution in [3.8, 4) is 0 Å². The van der Waals surface area contributed by atoms with Crippen LogP contribution >= 0.6 is 0 Å². The van der Waals surface area contributed by atoms with E-state index in [4.69, 9.17) is 0 Å². The molecule has 2 saturated heterocycles. The van der Waals surface area contributed by atoms with Crippen LogP contribution in [0.1, 0.15) is 46.0 Å². The van der Waals surface area contributed by atoms with Crippen LogP contribution in [0.3, 0.4) is 0 Å². The largest absolute Gasteiger partial charge is 0.348 e. The molecule has 0 spiro atoms. The van der Waals surface area contributed by atoms with Gasteiger partial charge >= 0.3 is 0 Å². The van der Waals surface area contributed by atoms with E-state index in [0.717, 1.165) is 25.9 Å². The summed E-state index contributed by atoms with van der Waals surface area (Å²) in [6.45, 7) is 7.26. The number of nitrogens with zero attached hydrogens (tertiary/aromatic N) is 3. The maximum atomic E-state index is 11.8. The summed E-state index contributed by atoms with van der Waals surface area (Å²) in [5.74, 6) is 0.208. The molecule has 0 aromatic heterocycles. The fourth-order valence-electron chi connectivity index (χ4n) is 3.44. The van der Waals surface area contributed by atoms with Crippen LogP contribution in [-0.2, 0) is 4.79 Å². The number of hydrazine groups is 1. The number of amides is 1. The molecule has 2 rings (SSSR count). The first-order valence-electron chi connectivity index (χ1n) is 8.44. The van der Waals surface area contributed by atoms with E-state index in [2.05, 4.69) is 29.2 Å². The predicted molar refractivity (Wildman–Crippen MR) is 85.9 cm³/mol. The summed E-state index contributed by atoms with van der Waals surface area (Å²) < 4.78 is 0. The predicted octanol–water partition coefficient (Wildman–Crippen LogP) is 1.31. The van der Waals surface area contributed by atoms with Gasteiger partial charge in [-0.2, -0.15) is 0 Å². The molecule has 2 aliphatic rings. The lowest BCUT2D eigenvalue weighted by atomic mass is 9.99. The van der Waals surface area contributed by atoms with E-state index in [1.165, 1.54) is 19.3 Å². The molecule has 1 amide bonds. The number of likely N-dealkylation sites (tertiary alicyclic amines) is 1. The first kappa shape index (κ1) is 16.7. The fraction of sp³-hybridized carbons (Fsp3) is 0.938. The van der Waals surface area contributed by atoms with E-state index in [1.54, 1.807) is 4.90 Å². The molecule has 0 aliphatic carbocycles. The number of likely N-dealkylation sites (N-methyl/N-ethyl adjacent to an activating group) is 1. The van der Waals surface area contributed by atoms with Crippen LogP contribution in [0.5, 0.6) is 0 Å². The second-order valence-electron chi connectivity index (χ2n) is 7.00. The summed E-state index contributed by atoms with van der Waals surface area (Å²) in [6.07, 6.45) is 6.22. The normalized spacial score (nSPS) is 29.5. The summed E-state index contributed by atoms with van der Waals surface area (Å²) >= 11 is 0. The van der Waals surface area contributed by atoms with Gasteiger partial charge in [0.25, 0.3) is 0 Å². The summed E-state index contributed by atoms with van der Waals surface area (Å²) in [5.41, 5.74) is 3.77. The molecule has 0 saturated carbocycles. The minimum Gasteiger partial charge on any atom is -0.348 e. The van der Waals surface area contributed by atoms with Gasteiger partial charge in [0.05, 0.1) is 6.54 Å². The Morgan fingerprint density at radius 3 is 2.19 bits per heavy atom. The third-order valence-corrected chi connectivity index (χ3v) is 4.97. The second-order valence-corrected chi connectivity index (χ2v) is 7.00. The molecule has 1 N–H and O–H groups in total. The van der Waals surface area contributed by atoms with E-state index >= 15 is 0 Å². The summed E-state index contributed by atoms with van der Waals surface area (Å²) in [4.78, 5) is 15.7. The Kier molecular flexibility index (Phi) is 6.02. The number of carbonyl (C=O) groups excluding carboxylic acids is 1. The molecule has 2 aliphatic heterocycles. The van der Waals surface area contributed by atoms with Crippen LogP contribution in [0.2, 0.25) is 0 Å². The van der Waals surface area contributed by atoms with Crippen LogP contribution in [0.15, 0.2) is 0 Å². The standard InChI is InChI=1S/C16H32N4O/c1-13-6-5-7-14(2)20(13)17-15-8-10-19(11-9-15)12-16(21)18(3)4/h13-15,17H,5-12H2,1-4H3. The number of carbonyl (C=O) groups is 1. The molecule has 5 nitrogen and oxygen atoms in total. The third kappa shape index (κ3) is 4.66. The highest BCUT2D eigenvalue weighted by Gasteiger charge is 2.28. The zero-order valence-corrected chi connectivity index (χ0v) is 14.1. The van der Waals surface area contributed by atoms with Gasteiger partial charge in [0, 0.05) is 45.3 Å². The van der Waals surface area contributed by atoms with Crippen molar-refractivity contribution in [2.24, 2.45) is 0 Å². The summed E-state index contributed by atoms with van der Waals surface area (Å²) in [7, 11) is 3.66. The van der Waals surface area contributed by atoms with E-state index in [0.29, 0.717) is 24.7 Å². The van der Waals surface area contributed by atoms with Crippen molar-refractivity contribution < 1.29 is 4.79 Å². The van der Waals surface area contributed by atoms with Crippen molar-refractivity contribution >= 4 is 5.91 Å². The molecular formula is C16H32N4O. The van der Waals surface area contributed by atoms with Gasteiger partial charge in [0.1, 0.15) is 0 Å². The number of rotatable bonds is 4. The fourth-order valence-corrected chi connectivity index (χ4v) is 3.44. The molecule has 0 radical (unpaired) electrons. The zero-order chi connectivity index (χ0) is 15.4. The van der Waals surface area contributed by atoms with Gasteiger partial charge in [-0.15, -0.1) is 0 Å². The minimum atomic E-state index is 0.208. The Morgan fingerprint density at radius 2 is 1.67 bits per heavy atom. The van der Waals surface area contributed by atoms with E-state index in [1.807, 2.05) is 14.1 Å². The SMILES string of the molecule is CC1CCCC(C)N1NC1CCN(CC(=O)N(C)C)CC1. The third-order valence-electron chi connectivity index (χ3n) is 4.97. The highest BCUT2D eigenvalue weighted by Crippen LogP contribution is 2.22. The second kappa shape index (κ2) is 7.56. The molecule has 2 atom stereocenters. The van der Waals surface area contributed by atoms with Crippen LogP contribution < -0.4 is 5.43 Å². The Morgan fingerprint density at radius 1 is 1.10 bits per heavy atom. The molecule has 0 bridgehead atoms. The summed E-state index contributed by atoms with van der Waals surface area (Å²) in [6, 6.07) is 1.85. The van der Waals surface area contributed by atoms with Gasteiger partial charge in [-0.3, -0.25) is 15.1 Å². The molecule has 2 heterocycles. The first-order valence-corrected chi connectivity index (χ1v) is 8.44. The smallest absolute Gasteiger partial charge is 0.236 e. The van der Waals surface area contributed by atoms with Gasteiger partial charge in [-0.05, 0) is 39.5 Å². The van der Waals surface area contributed by atoms with Crippen molar-refractivity contribution in [1.82, 2.24) is 20.2 Å². The van der Waals surface area contributed by atoms with Crippen LogP contribution in [0.25, 0.3) is 0 Å². The van der Waals surface area contributed by atoms with Crippen LogP contribution in [0, 0.1) is 0 Å². The Balaban J connectivity index is 1.75. The Hall–Kier alpha value is -0.650. The van der Waals surface area contributed by atoms with Crippen molar-refractivity contribution in [3.05, 3.63) is 0 Å². The number of nitrogens with one attached hydrogen (secondary N) is 1. The zero-order valence-electron chi connectivity index (χ0n) is 14.1. The maximum Gasteiger partial charge on any atom is 0.236 e. The van der Waals surface area contributed by atoms with Gasteiger partial charge in [0.15, 0.2) is 0 Å². The lowest BCUT2D eigenvalue weighted by Gasteiger charge is -2.43. The molecule has 21 heavy (non-hydrogen) atoms. The topological polar surface area (TPSA) is 38.8 Å². The molecule has 5 heteroatoms. The van der Waals surface area contributed by atoms with Gasteiger partial charge in [0.2, 0.25) is 5.91 Å². The maximum absolute atomic E-state index is 11.8. The lowest BCUT2D eigenvalue weighted by Crippen LogP contribution is -2.57. The number of hydrogen-bond donors (Lipinski definition) is 1. The summed E-state index contributed by atoms with van der Waals surface area (Å²) in [5, 5.41) is 2.48. The molecule has 0 aromatic rings. The monoisotopic (exact) mass is 296 g/mol. The minimum absolute atomic E-state index is 0.208. The molecule has 122 valence electrons. The van der Waals surface area contributed by atoms with Crippen molar-refractivity contribution in [2.75, 3.05) is 33.7 Å². The van der Waals surface area contributed by atoms with Crippen molar-refractivity contribution in [3.63, 3.8) is 0 Å².